The molecular formula is C10H13N3O4. The number of nitrogens with zero attached hydrogens (tertiary/aromatic N) is 2. The van der Waals surface area contributed by atoms with Crippen LogP contribution in [0.4, 0.5) is 5.69 Å². The van der Waals surface area contributed by atoms with Crippen molar-refractivity contribution in [2.45, 2.75) is 0 Å². The van der Waals surface area contributed by atoms with E-state index in [9.17, 15) is 14.9 Å². The summed E-state index contributed by atoms with van der Waals surface area (Å²) in [6.45, 7) is 2.94. The van der Waals surface area contributed by atoms with Gasteiger partial charge in [0, 0.05) is 19.2 Å². The predicted octanol–water partition coefficient (Wildman–Crippen LogP) is 0.438. The molecule has 1 aliphatic heterocycles. The van der Waals surface area contributed by atoms with Crippen LogP contribution >= 0.6 is 0 Å². The van der Waals surface area contributed by atoms with Crippen molar-refractivity contribution in [3.05, 3.63) is 28.1 Å². The van der Waals surface area contributed by atoms with E-state index in [1.165, 1.54) is 12.3 Å². The molecule has 1 N–H and O–H groups in total. The van der Waals surface area contributed by atoms with Crippen LogP contribution in [0.25, 0.3) is 0 Å². The fourth-order valence-corrected chi connectivity index (χ4v) is 1.70. The molecule has 2 heterocycles. The second-order valence-corrected chi connectivity index (χ2v) is 3.84. The Kier molecular flexibility index (Phi) is 3.50. The van der Waals surface area contributed by atoms with E-state index in [4.69, 9.17) is 4.74 Å². The minimum atomic E-state index is -0.526. The standard InChI is InChI=1S/C10H13N3O4/c14-10(7-12-1-3-17-4-2-12)9-5-8(6-11-9)13(15)16/h5-6,11H,1-4,7H2. The quantitative estimate of drug-likeness (QED) is 0.468. The molecule has 92 valence electrons. The molecular weight excluding hydrogens is 226 g/mol. The van der Waals surface area contributed by atoms with Crippen molar-refractivity contribution < 1.29 is 14.5 Å². The van der Waals surface area contributed by atoms with Crippen molar-refractivity contribution in [3.63, 3.8) is 0 Å². The number of aromatic nitrogens is 1. The fourth-order valence-electron chi connectivity index (χ4n) is 1.70. The molecule has 0 saturated carbocycles. The van der Waals surface area contributed by atoms with Gasteiger partial charge in [0.25, 0.3) is 5.69 Å². The Morgan fingerprint density at radius 1 is 1.53 bits per heavy atom. The second kappa shape index (κ2) is 5.07. The minimum absolute atomic E-state index is 0.0877. The molecule has 7 nitrogen and oxygen atoms in total. The third-order valence-electron chi connectivity index (χ3n) is 2.65. The Labute approximate surface area is 97.5 Å². The minimum Gasteiger partial charge on any atom is -0.379 e. The molecule has 17 heavy (non-hydrogen) atoms. The first-order valence-electron chi connectivity index (χ1n) is 5.33. The molecule has 1 aromatic heterocycles. The van der Waals surface area contributed by atoms with Gasteiger partial charge in [0.05, 0.1) is 36.6 Å². The van der Waals surface area contributed by atoms with Crippen LogP contribution < -0.4 is 0 Å². The van der Waals surface area contributed by atoms with Gasteiger partial charge in [-0.15, -0.1) is 0 Å². The number of morpholine rings is 1. The van der Waals surface area contributed by atoms with Gasteiger partial charge in [-0.3, -0.25) is 19.8 Å². The highest BCUT2D eigenvalue weighted by atomic mass is 16.6. The lowest BCUT2D eigenvalue weighted by Gasteiger charge is -2.25. The zero-order valence-electron chi connectivity index (χ0n) is 9.22. The normalized spacial score (nSPS) is 16.9. The number of hydrogen-bond acceptors (Lipinski definition) is 5. The van der Waals surface area contributed by atoms with Gasteiger partial charge in [-0.05, 0) is 0 Å². The van der Waals surface area contributed by atoms with Crippen LogP contribution in [-0.2, 0) is 4.74 Å². The van der Waals surface area contributed by atoms with Gasteiger partial charge in [-0.2, -0.15) is 0 Å². The van der Waals surface area contributed by atoms with Crippen molar-refractivity contribution in [2.24, 2.45) is 0 Å². The summed E-state index contributed by atoms with van der Waals surface area (Å²) in [6.07, 6.45) is 1.23. The summed E-state index contributed by atoms with van der Waals surface area (Å²) in [5.74, 6) is -0.139. The maximum atomic E-state index is 11.8. The first kappa shape index (κ1) is 11.7. The number of H-pyrrole nitrogens is 1. The molecule has 0 atom stereocenters. The summed E-state index contributed by atoms with van der Waals surface area (Å²) in [5.41, 5.74) is 0.193. The highest BCUT2D eigenvalue weighted by molar-refractivity contribution is 5.96. The molecule has 0 aliphatic carbocycles. The topological polar surface area (TPSA) is 88.5 Å². The van der Waals surface area contributed by atoms with Gasteiger partial charge < -0.3 is 9.72 Å². The Bertz CT molecular complexity index is 423. The third kappa shape index (κ3) is 2.89. The third-order valence-corrected chi connectivity index (χ3v) is 2.65. The van der Waals surface area contributed by atoms with Gasteiger partial charge in [0.15, 0.2) is 5.78 Å². The van der Waals surface area contributed by atoms with Gasteiger partial charge in [0.2, 0.25) is 0 Å². The Morgan fingerprint density at radius 3 is 2.82 bits per heavy atom. The summed E-state index contributed by atoms with van der Waals surface area (Å²) < 4.78 is 5.17. The molecule has 0 amide bonds. The first-order valence-corrected chi connectivity index (χ1v) is 5.33. The van der Waals surface area contributed by atoms with Crippen LogP contribution in [0.15, 0.2) is 12.3 Å². The number of ketones is 1. The molecule has 1 fully saturated rings. The van der Waals surface area contributed by atoms with Crippen molar-refractivity contribution in [1.82, 2.24) is 9.88 Å². The van der Waals surface area contributed by atoms with Gasteiger partial charge in [0.1, 0.15) is 0 Å². The molecule has 7 heteroatoms. The number of carbonyl (C=O) groups is 1. The van der Waals surface area contributed by atoms with E-state index in [0.29, 0.717) is 26.3 Å². The summed E-state index contributed by atoms with van der Waals surface area (Å²) >= 11 is 0. The summed E-state index contributed by atoms with van der Waals surface area (Å²) in [4.78, 5) is 26.4. The molecule has 1 saturated heterocycles. The number of ether oxygens (including phenoxy) is 1. The van der Waals surface area contributed by atoms with Gasteiger partial charge in [-0.25, -0.2) is 0 Å². The van der Waals surface area contributed by atoms with Crippen molar-refractivity contribution in [1.29, 1.82) is 0 Å². The van der Waals surface area contributed by atoms with Crippen LogP contribution in [0.3, 0.4) is 0 Å². The number of nitrogens with one attached hydrogen (secondary N) is 1. The average Bonchev–Trinajstić information content (AvgIpc) is 2.79. The first-order chi connectivity index (χ1) is 8.16. The van der Waals surface area contributed by atoms with E-state index in [-0.39, 0.29) is 23.7 Å². The maximum absolute atomic E-state index is 11.8. The van der Waals surface area contributed by atoms with Crippen LogP contribution in [0.2, 0.25) is 0 Å². The van der Waals surface area contributed by atoms with E-state index in [1.807, 2.05) is 4.90 Å². The number of Topliss-reactive ketones (excluding diaryl/α,β-unsaturated/α-hetero) is 1. The smallest absolute Gasteiger partial charge is 0.287 e. The van der Waals surface area contributed by atoms with E-state index in [2.05, 4.69) is 4.98 Å². The fraction of sp³-hybridized carbons (Fsp3) is 0.500. The lowest BCUT2D eigenvalue weighted by atomic mass is 10.2. The molecule has 0 aromatic carbocycles. The van der Waals surface area contributed by atoms with Crippen LogP contribution in [0.1, 0.15) is 10.5 Å². The van der Waals surface area contributed by atoms with E-state index in [0.717, 1.165) is 0 Å². The molecule has 1 aliphatic rings. The second-order valence-electron chi connectivity index (χ2n) is 3.84. The van der Waals surface area contributed by atoms with Crippen molar-refractivity contribution >= 4 is 11.5 Å². The molecule has 2 rings (SSSR count). The summed E-state index contributed by atoms with van der Waals surface area (Å²) in [6, 6.07) is 1.27. The lowest BCUT2D eigenvalue weighted by molar-refractivity contribution is -0.384. The number of aromatic amines is 1. The van der Waals surface area contributed by atoms with Crippen LogP contribution in [0.5, 0.6) is 0 Å². The SMILES string of the molecule is O=C(CN1CCOCC1)c1cc([N+](=O)[O-])c[nH]1. The van der Waals surface area contributed by atoms with Crippen LogP contribution in [0, 0.1) is 10.1 Å². The van der Waals surface area contributed by atoms with Crippen molar-refractivity contribution in [2.75, 3.05) is 32.8 Å². The Hall–Kier alpha value is -1.73. The van der Waals surface area contributed by atoms with Gasteiger partial charge >= 0.3 is 0 Å². The monoisotopic (exact) mass is 239 g/mol. The zero-order valence-corrected chi connectivity index (χ0v) is 9.22. The number of hydrogen-bond donors (Lipinski definition) is 1. The van der Waals surface area contributed by atoms with Gasteiger partial charge in [-0.1, -0.05) is 0 Å². The molecule has 0 bridgehead atoms. The molecule has 0 radical (unpaired) electrons. The Balaban J connectivity index is 1.96. The average molecular weight is 239 g/mol. The highest BCUT2D eigenvalue weighted by Crippen LogP contribution is 2.13. The van der Waals surface area contributed by atoms with E-state index in [1.54, 1.807) is 0 Å². The number of rotatable bonds is 4. The summed E-state index contributed by atoms with van der Waals surface area (Å²) in [5, 5.41) is 10.5. The maximum Gasteiger partial charge on any atom is 0.287 e. The van der Waals surface area contributed by atoms with Crippen molar-refractivity contribution in [3.8, 4) is 0 Å². The lowest BCUT2D eigenvalue weighted by Crippen LogP contribution is -2.39. The number of nitro groups is 1. The highest BCUT2D eigenvalue weighted by Gasteiger charge is 2.18. The predicted molar refractivity (Wildman–Crippen MR) is 59.0 cm³/mol. The van der Waals surface area contributed by atoms with E-state index >= 15 is 0 Å². The largest absolute Gasteiger partial charge is 0.379 e. The summed E-state index contributed by atoms with van der Waals surface area (Å²) in [7, 11) is 0. The van der Waals surface area contributed by atoms with Crippen LogP contribution in [-0.4, -0.2) is 53.4 Å². The van der Waals surface area contributed by atoms with E-state index < -0.39 is 4.92 Å². The molecule has 1 aromatic rings. The number of carbonyl (C=O) groups excluding carboxylic acids is 1. The molecule has 0 unspecified atom stereocenters. The Morgan fingerprint density at radius 2 is 2.24 bits per heavy atom. The molecule has 0 spiro atoms. The zero-order chi connectivity index (χ0) is 12.3.